The molecule has 2 aromatic rings. The summed E-state index contributed by atoms with van der Waals surface area (Å²) in [5.41, 5.74) is -0.00608. The van der Waals surface area contributed by atoms with Crippen molar-refractivity contribution in [3.63, 3.8) is 0 Å². The summed E-state index contributed by atoms with van der Waals surface area (Å²) < 4.78 is 28.8. The number of hydrogen-bond acceptors (Lipinski definition) is 4. The molecule has 19 heavy (non-hydrogen) atoms. The van der Waals surface area contributed by atoms with Crippen LogP contribution in [0.25, 0.3) is 0 Å². The summed E-state index contributed by atoms with van der Waals surface area (Å²) in [6, 6.07) is 4.73. The first-order valence-electron chi connectivity index (χ1n) is 4.86. The third kappa shape index (κ3) is 3.36. The van der Waals surface area contributed by atoms with Gasteiger partial charge in [-0.3, -0.25) is 0 Å². The number of alkyl halides is 2. The fourth-order valence-corrected chi connectivity index (χ4v) is 2.50. The summed E-state index contributed by atoms with van der Waals surface area (Å²) in [5, 5.41) is 6.94. The monoisotopic (exact) mass is 339 g/mol. The van der Waals surface area contributed by atoms with Gasteiger partial charge in [-0.25, -0.2) is 8.78 Å². The van der Waals surface area contributed by atoms with Gasteiger partial charge in [-0.15, -0.1) is 5.10 Å². The Balaban J connectivity index is 2.26. The third-order valence-corrected chi connectivity index (χ3v) is 3.86. The first kappa shape index (κ1) is 14.5. The maximum atomic E-state index is 12.7. The van der Waals surface area contributed by atoms with Gasteiger partial charge in [0.2, 0.25) is 0 Å². The summed E-state index contributed by atoms with van der Waals surface area (Å²) in [7, 11) is 0. The van der Waals surface area contributed by atoms with E-state index in [-0.39, 0.29) is 9.87 Å². The molecule has 2 rings (SSSR count). The Kier molecular flexibility index (Phi) is 4.62. The van der Waals surface area contributed by atoms with Crippen molar-refractivity contribution in [2.75, 3.05) is 5.32 Å². The smallest absolute Gasteiger partial charge is 0.283 e. The van der Waals surface area contributed by atoms with Crippen molar-refractivity contribution in [3.05, 3.63) is 38.8 Å². The maximum Gasteiger partial charge on any atom is 0.283 e. The van der Waals surface area contributed by atoms with Crippen LogP contribution in [0.3, 0.4) is 0 Å². The molecule has 1 aromatic carbocycles. The van der Waals surface area contributed by atoms with Gasteiger partial charge in [0.05, 0.1) is 10.7 Å². The molecular formula is C10H5Cl2F2N3S2. The lowest BCUT2D eigenvalue weighted by atomic mass is 10.3. The Morgan fingerprint density at radius 2 is 2.11 bits per heavy atom. The predicted octanol–water partition coefficient (Wildman–Crippen LogP) is 4.57. The minimum absolute atomic E-state index is 0.0782. The Bertz CT molecular complexity index is 619. The van der Waals surface area contributed by atoms with E-state index in [9.17, 15) is 8.78 Å². The van der Waals surface area contributed by atoms with Crippen molar-refractivity contribution in [2.24, 2.45) is 0 Å². The van der Waals surface area contributed by atoms with Crippen LogP contribution in [-0.4, -0.2) is 14.6 Å². The molecule has 0 aliphatic rings. The topological polar surface area (TPSA) is 37.8 Å². The third-order valence-electron chi connectivity index (χ3n) is 2.10. The molecule has 0 radical (unpaired) electrons. The SMILES string of the molecule is FC(F)c1nnsc1C(=S)Nc1cc(Cl)ccc1Cl. The number of nitrogens with zero attached hydrogens (tertiary/aromatic N) is 2. The molecule has 0 bridgehead atoms. The van der Waals surface area contributed by atoms with Gasteiger partial charge in [0.15, 0.2) is 5.69 Å². The maximum absolute atomic E-state index is 12.7. The largest absolute Gasteiger partial charge is 0.344 e. The van der Waals surface area contributed by atoms with E-state index in [1.54, 1.807) is 18.2 Å². The molecule has 0 saturated carbocycles. The highest BCUT2D eigenvalue weighted by atomic mass is 35.5. The number of thiocarbonyl (C=S) groups is 1. The van der Waals surface area contributed by atoms with Crippen LogP contribution in [0.4, 0.5) is 14.5 Å². The van der Waals surface area contributed by atoms with Gasteiger partial charge in [-0.1, -0.05) is 39.9 Å². The van der Waals surface area contributed by atoms with Gasteiger partial charge in [-0.2, -0.15) is 0 Å². The molecule has 0 aliphatic heterocycles. The molecule has 0 aliphatic carbocycles. The van der Waals surface area contributed by atoms with Crippen LogP contribution in [0.1, 0.15) is 17.0 Å². The van der Waals surface area contributed by atoms with Crippen molar-refractivity contribution in [2.45, 2.75) is 6.43 Å². The zero-order valence-corrected chi connectivity index (χ0v) is 12.2. The second-order valence-electron chi connectivity index (χ2n) is 3.37. The van der Waals surface area contributed by atoms with Crippen LogP contribution in [0.2, 0.25) is 10.0 Å². The Morgan fingerprint density at radius 3 is 2.79 bits per heavy atom. The molecule has 0 unspecified atom stereocenters. The van der Waals surface area contributed by atoms with Crippen LogP contribution in [0.15, 0.2) is 18.2 Å². The Morgan fingerprint density at radius 1 is 1.37 bits per heavy atom. The summed E-state index contributed by atoms with van der Waals surface area (Å²) in [5.74, 6) is 0. The molecule has 0 fully saturated rings. The minimum Gasteiger partial charge on any atom is -0.344 e. The highest BCUT2D eigenvalue weighted by Gasteiger charge is 2.21. The van der Waals surface area contributed by atoms with Gasteiger partial charge in [-0.05, 0) is 29.7 Å². The molecule has 0 saturated heterocycles. The van der Waals surface area contributed by atoms with Crippen molar-refractivity contribution in [3.8, 4) is 0 Å². The van der Waals surface area contributed by atoms with Crippen molar-refractivity contribution in [1.29, 1.82) is 0 Å². The van der Waals surface area contributed by atoms with E-state index in [1.165, 1.54) is 0 Å². The van der Waals surface area contributed by atoms with Gasteiger partial charge in [0.1, 0.15) is 9.87 Å². The molecular weight excluding hydrogens is 335 g/mol. The molecule has 0 atom stereocenters. The van der Waals surface area contributed by atoms with Crippen LogP contribution in [-0.2, 0) is 0 Å². The minimum atomic E-state index is -2.73. The van der Waals surface area contributed by atoms with Crippen LogP contribution < -0.4 is 5.32 Å². The first-order chi connectivity index (χ1) is 8.99. The fourth-order valence-electron chi connectivity index (χ4n) is 1.27. The number of halogens is 4. The van der Waals surface area contributed by atoms with E-state index in [0.29, 0.717) is 15.7 Å². The van der Waals surface area contributed by atoms with Gasteiger partial charge in [0, 0.05) is 5.02 Å². The highest BCUT2D eigenvalue weighted by Crippen LogP contribution is 2.28. The number of benzene rings is 1. The van der Waals surface area contributed by atoms with E-state index in [4.69, 9.17) is 35.4 Å². The molecule has 1 aromatic heterocycles. The fraction of sp³-hybridized carbons (Fsp3) is 0.100. The number of nitrogens with one attached hydrogen (secondary N) is 1. The molecule has 3 nitrogen and oxygen atoms in total. The molecule has 100 valence electrons. The van der Waals surface area contributed by atoms with Gasteiger partial charge >= 0.3 is 0 Å². The summed E-state index contributed by atoms with van der Waals surface area (Å²) in [6.07, 6.45) is -2.73. The molecule has 1 N–H and O–H groups in total. The zero-order chi connectivity index (χ0) is 14.0. The summed E-state index contributed by atoms with van der Waals surface area (Å²) in [4.78, 5) is 0.190. The van der Waals surface area contributed by atoms with Gasteiger partial charge < -0.3 is 5.32 Å². The average Bonchev–Trinajstić information content (AvgIpc) is 2.83. The summed E-state index contributed by atoms with van der Waals surface area (Å²) >= 11 is 17.6. The molecule has 0 amide bonds. The van der Waals surface area contributed by atoms with Crippen molar-refractivity contribution >= 4 is 57.6 Å². The normalized spacial score (nSPS) is 10.8. The summed E-state index contributed by atoms with van der Waals surface area (Å²) in [6.45, 7) is 0. The van der Waals surface area contributed by atoms with Crippen molar-refractivity contribution in [1.82, 2.24) is 9.59 Å². The van der Waals surface area contributed by atoms with E-state index in [0.717, 1.165) is 11.5 Å². The second kappa shape index (κ2) is 6.04. The molecule has 9 heteroatoms. The number of rotatable bonds is 3. The number of aromatic nitrogens is 2. The zero-order valence-electron chi connectivity index (χ0n) is 9.03. The van der Waals surface area contributed by atoms with E-state index < -0.39 is 12.1 Å². The van der Waals surface area contributed by atoms with E-state index in [1.807, 2.05) is 0 Å². The first-order valence-corrected chi connectivity index (χ1v) is 6.79. The molecule has 0 spiro atoms. The van der Waals surface area contributed by atoms with Crippen LogP contribution in [0, 0.1) is 0 Å². The standard InChI is InChI=1S/C10H5Cl2F2N3S2/c11-4-1-2-5(12)6(3-4)15-10(18)8-7(9(13)14)16-17-19-8/h1-3,9H,(H,15,18). The van der Waals surface area contributed by atoms with E-state index >= 15 is 0 Å². The predicted molar refractivity (Wildman–Crippen MR) is 76.7 cm³/mol. The lowest BCUT2D eigenvalue weighted by molar-refractivity contribution is 0.146. The lowest BCUT2D eigenvalue weighted by Gasteiger charge is -2.09. The Hall–Kier alpha value is -0.890. The lowest BCUT2D eigenvalue weighted by Crippen LogP contribution is -2.11. The quantitative estimate of drug-likeness (QED) is 0.831. The van der Waals surface area contributed by atoms with Crippen molar-refractivity contribution < 1.29 is 8.78 Å². The van der Waals surface area contributed by atoms with E-state index in [2.05, 4.69) is 14.9 Å². The van der Waals surface area contributed by atoms with Gasteiger partial charge in [0.25, 0.3) is 6.43 Å². The van der Waals surface area contributed by atoms with Crippen LogP contribution >= 0.6 is 47.0 Å². The average molecular weight is 340 g/mol. The van der Waals surface area contributed by atoms with Crippen LogP contribution in [0.5, 0.6) is 0 Å². The number of anilines is 1. The Labute approximate surface area is 126 Å². The number of hydrogen-bond donors (Lipinski definition) is 1. The molecule has 1 heterocycles. The highest BCUT2D eigenvalue weighted by molar-refractivity contribution is 7.81. The second-order valence-corrected chi connectivity index (χ2v) is 5.37.